The summed E-state index contributed by atoms with van der Waals surface area (Å²) in [6, 6.07) is 6.80. The van der Waals surface area contributed by atoms with E-state index in [2.05, 4.69) is 10.6 Å². The van der Waals surface area contributed by atoms with Gasteiger partial charge in [-0.15, -0.1) is 0 Å². The van der Waals surface area contributed by atoms with E-state index in [1.807, 2.05) is 6.07 Å². The SMILES string of the molecule is O=C(NCCOc1cccc(Cl)c1)[C@@H]1C[C@H](O)CN1. The van der Waals surface area contributed by atoms with Crippen molar-refractivity contribution in [1.82, 2.24) is 10.6 Å². The normalized spacial score (nSPS) is 22.2. The van der Waals surface area contributed by atoms with Crippen LogP contribution in [-0.2, 0) is 4.79 Å². The van der Waals surface area contributed by atoms with Gasteiger partial charge in [0, 0.05) is 11.6 Å². The lowest BCUT2D eigenvalue weighted by Crippen LogP contribution is -2.41. The Hall–Kier alpha value is -1.30. The van der Waals surface area contributed by atoms with Crippen LogP contribution in [0, 0.1) is 0 Å². The molecule has 0 bridgehead atoms. The second-order valence-electron chi connectivity index (χ2n) is 4.45. The Morgan fingerprint density at radius 2 is 2.42 bits per heavy atom. The maximum absolute atomic E-state index is 11.7. The summed E-state index contributed by atoms with van der Waals surface area (Å²) in [5, 5.41) is 15.6. The summed E-state index contributed by atoms with van der Waals surface area (Å²) in [7, 11) is 0. The molecule has 1 aliphatic rings. The largest absolute Gasteiger partial charge is 0.492 e. The van der Waals surface area contributed by atoms with Crippen LogP contribution in [0.15, 0.2) is 24.3 Å². The van der Waals surface area contributed by atoms with Gasteiger partial charge >= 0.3 is 0 Å². The lowest BCUT2D eigenvalue weighted by molar-refractivity contribution is -0.123. The van der Waals surface area contributed by atoms with Crippen LogP contribution in [0.2, 0.25) is 5.02 Å². The van der Waals surface area contributed by atoms with E-state index in [-0.39, 0.29) is 11.9 Å². The number of rotatable bonds is 5. The summed E-state index contributed by atoms with van der Waals surface area (Å²) < 4.78 is 5.45. The molecule has 2 atom stereocenters. The molecule has 1 aliphatic heterocycles. The lowest BCUT2D eigenvalue weighted by Gasteiger charge is -2.11. The molecule has 3 N–H and O–H groups in total. The number of amides is 1. The standard InChI is InChI=1S/C13H17ClN2O3/c14-9-2-1-3-11(6-9)19-5-4-15-13(18)12-7-10(17)8-16-12/h1-3,6,10,12,16-17H,4-5,7-8H2,(H,15,18)/t10-,12-/m0/s1. The number of aliphatic hydroxyl groups is 1. The highest BCUT2D eigenvalue weighted by Crippen LogP contribution is 2.16. The number of carbonyl (C=O) groups excluding carboxylic acids is 1. The molecule has 5 nitrogen and oxygen atoms in total. The maximum atomic E-state index is 11.7. The van der Waals surface area contributed by atoms with Crippen LogP contribution in [0.1, 0.15) is 6.42 Å². The van der Waals surface area contributed by atoms with Gasteiger partial charge in [-0.25, -0.2) is 0 Å². The molecule has 1 aromatic rings. The topological polar surface area (TPSA) is 70.6 Å². The zero-order valence-corrected chi connectivity index (χ0v) is 11.2. The molecule has 104 valence electrons. The van der Waals surface area contributed by atoms with Crippen LogP contribution in [0.5, 0.6) is 5.75 Å². The average Bonchev–Trinajstić information content (AvgIpc) is 2.81. The first-order valence-electron chi connectivity index (χ1n) is 6.22. The number of β-amino-alcohol motifs (C(OH)–C–C–N with tert-alkyl or cyclic N) is 1. The third-order valence-corrected chi connectivity index (χ3v) is 3.13. The molecule has 19 heavy (non-hydrogen) atoms. The number of aliphatic hydroxyl groups excluding tert-OH is 1. The minimum atomic E-state index is -0.432. The minimum absolute atomic E-state index is 0.105. The van der Waals surface area contributed by atoms with E-state index < -0.39 is 6.10 Å². The van der Waals surface area contributed by atoms with Crippen molar-refractivity contribution in [3.05, 3.63) is 29.3 Å². The molecular weight excluding hydrogens is 268 g/mol. The molecule has 0 radical (unpaired) electrons. The van der Waals surface area contributed by atoms with Crippen molar-refractivity contribution in [2.45, 2.75) is 18.6 Å². The summed E-state index contributed by atoms with van der Waals surface area (Å²) in [5.41, 5.74) is 0. The van der Waals surface area contributed by atoms with E-state index >= 15 is 0 Å². The molecule has 1 fully saturated rings. The number of halogens is 1. The zero-order chi connectivity index (χ0) is 13.7. The maximum Gasteiger partial charge on any atom is 0.237 e. The smallest absolute Gasteiger partial charge is 0.237 e. The number of hydrogen-bond acceptors (Lipinski definition) is 4. The van der Waals surface area contributed by atoms with Gasteiger partial charge in [0.05, 0.1) is 18.7 Å². The number of nitrogens with one attached hydrogen (secondary N) is 2. The third-order valence-electron chi connectivity index (χ3n) is 2.89. The van der Waals surface area contributed by atoms with Gasteiger partial charge in [-0.05, 0) is 24.6 Å². The fraction of sp³-hybridized carbons (Fsp3) is 0.462. The molecule has 1 saturated heterocycles. The van der Waals surface area contributed by atoms with E-state index in [4.69, 9.17) is 16.3 Å². The molecule has 0 aliphatic carbocycles. The number of benzene rings is 1. The van der Waals surface area contributed by atoms with Crippen molar-refractivity contribution in [3.8, 4) is 5.75 Å². The molecule has 0 saturated carbocycles. The van der Waals surface area contributed by atoms with Crippen LogP contribution in [-0.4, -0.2) is 42.9 Å². The molecule has 0 spiro atoms. The molecule has 1 heterocycles. The first-order chi connectivity index (χ1) is 9.15. The highest BCUT2D eigenvalue weighted by Gasteiger charge is 2.27. The van der Waals surface area contributed by atoms with E-state index in [0.29, 0.717) is 36.9 Å². The Morgan fingerprint density at radius 1 is 1.58 bits per heavy atom. The Kier molecular flexibility index (Phi) is 5.01. The molecule has 1 aromatic carbocycles. The highest BCUT2D eigenvalue weighted by atomic mass is 35.5. The Balaban J connectivity index is 1.65. The van der Waals surface area contributed by atoms with Gasteiger partial charge in [-0.3, -0.25) is 4.79 Å². The van der Waals surface area contributed by atoms with Gasteiger partial charge in [0.15, 0.2) is 0 Å². The predicted molar refractivity (Wildman–Crippen MR) is 72.4 cm³/mol. The summed E-state index contributed by atoms with van der Waals surface area (Å²) >= 11 is 5.83. The molecule has 0 unspecified atom stereocenters. The summed E-state index contributed by atoms with van der Waals surface area (Å²) in [6.07, 6.45) is 0.0273. The second-order valence-corrected chi connectivity index (χ2v) is 4.88. The Morgan fingerprint density at radius 3 is 3.11 bits per heavy atom. The Bertz CT molecular complexity index is 442. The van der Waals surface area contributed by atoms with Crippen LogP contribution >= 0.6 is 11.6 Å². The first kappa shape index (κ1) is 14.1. The number of hydrogen-bond donors (Lipinski definition) is 3. The monoisotopic (exact) mass is 284 g/mol. The van der Waals surface area contributed by atoms with Crippen LogP contribution in [0.25, 0.3) is 0 Å². The summed E-state index contributed by atoms with van der Waals surface area (Å²) in [4.78, 5) is 11.7. The van der Waals surface area contributed by atoms with Gasteiger partial charge in [-0.1, -0.05) is 17.7 Å². The van der Waals surface area contributed by atoms with Crippen molar-refractivity contribution in [1.29, 1.82) is 0 Å². The molecule has 6 heteroatoms. The van der Waals surface area contributed by atoms with Crippen molar-refractivity contribution < 1.29 is 14.6 Å². The van der Waals surface area contributed by atoms with Gasteiger partial charge in [-0.2, -0.15) is 0 Å². The predicted octanol–water partition coefficient (Wildman–Crippen LogP) is 0.558. The zero-order valence-electron chi connectivity index (χ0n) is 10.4. The van der Waals surface area contributed by atoms with Crippen LogP contribution in [0.3, 0.4) is 0 Å². The van der Waals surface area contributed by atoms with Gasteiger partial charge in [0.2, 0.25) is 5.91 Å². The van der Waals surface area contributed by atoms with Crippen molar-refractivity contribution >= 4 is 17.5 Å². The fourth-order valence-electron chi connectivity index (χ4n) is 1.94. The third kappa shape index (κ3) is 4.38. The number of carbonyl (C=O) groups is 1. The van der Waals surface area contributed by atoms with Crippen molar-refractivity contribution in [2.24, 2.45) is 0 Å². The van der Waals surface area contributed by atoms with Gasteiger partial charge in [0.1, 0.15) is 12.4 Å². The van der Waals surface area contributed by atoms with Crippen LogP contribution in [0.4, 0.5) is 0 Å². The minimum Gasteiger partial charge on any atom is -0.492 e. The summed E-state index contributed by atoms with van der Waals surface area (Å²) in [5.74, 6) is 0.572. The Labute approximate surface area is 116 Å². The van der Waals surface area contributed by atoms with E-state index in [1.54, 1.807) is 18.2 Å². The van der Waals surface area contributed by atoms with E-state index in [0.717, 1.165) is 0 Å². The highest BCUT2D eigenvalue weighted by molar-refractivity contribution is 6.30. The van der Waals surface area contributed by atoms with Crippen molar-refractivity contribution in [3.63, 3.8) is 0 Å². The number of ether oxygens (including phenoxy) is 1. The molecular formula is C13H17ClN2O3. The molecule has 0 aromatic heterocycles. The molecule has 1 amide bonds. The van der Waals surface area contributed by atoms with Crippen LogP contribution < -0.4 is 15.4 Å². The second kappa shape index (κ2) is 6.75. The fourth-order valence-corrected chi connectivity index (χ4v) is 2.12. The van der Waals surface area contributed by atoms with E-state index in [9.17, 15) is 9.90 Å². The van der Waals surface area contributed by atoms with E-state index in [1.165, 1.54) is 0 Å². The lowest BCUT2D eigenvalue weighted by atomic mass is 10.2. The first-order valence-corrected chi connectivity index (χ1v) is 6.60. The average molecular weight is 285 g/mol. The van der Waals surface area contributed by atoms with Gasteiger partial charge < -0.3 is 20.5 Å². The molecule has 2 rings (SSSR count). The van der Waals surface area contributed by atoms with Gasteiger partial charge in [0.25, 0.3) is 0 Å². The van der Waals surface area contributed by atoms with Crippen molar-refractivity contribution in [2.75, 3.05) is 19.7 Å². The quantitative estimate of drug-likeness (QED) is 0.691. The summed E-state index contributed by atoms with van der Waals surface area (Å²) in [6.45, 7) is 1.26.